The lowest BCUT2D eigenvalue weighted by molar-refractivity contribution is 0.899. The second-order valence-corrected chi connectivity index (χ2v) is 5.55. The Kier molecular flexibility index (Phi) is 2.88. The van der Waals surface area contributed by atoms with Crippen molar-refractivity contribution in [3.05, 3.63) is 37.4 Å². The van der Waals surface area contributed by atoms with Crippen LogP contribution in [-0.4, -0.2) is 4.98 Å². The molecule has 0 aliphatic rings. The molecule has 1 unspecified atom stereocenters. The molecule has 0 fully saturated rings. The van der Waals surface area contributed by atoms with Crippen LogP contribution in [0, 0.1) is 6.92 Å². The van der Waals surface area contributed by atoms with Crippen molar-refractivity contribution in [1.82, 2.24) is 4.98 Å². The lowest BCUT2D eigenvalue weighted by Crippen LogP contribution is -2.09. The van der Waals surface area contributed by atoms with E-state index in [1.165, 1.54) is 11.3 Å². The molecule has 0 saturated carbocycles. The van der Waals surface area contributed by atoms with E-state index in [0.29, 0.717) is 0 Å². The summed E-state index contributed by atoms with van der Waals surface area (Å²) >= 11 is 8.97. The summed E-state index contributed by atoms with van der Waals surface area (Å²) in [5.74, 6) is 0. The minimum atomic E-state index is -0.0833. The number of thiazole rings is 1. The fraction of sp³-hybridized carbons (Fsp3) is 0.222. The lowest BCUT2D eigenvalue weighted by atomic mass is 10.2. The van der Waals surface area contributed by atoms with Crippen LogP contribution in [-0.2, 0) is 0 Å². The number of nitrogens with zero attached hydrogens (tertiary/aromatic N) is 1. The zero-order valence-electron chi connectivity index (χ0n) is 7.53. The number of nitrogens with two attached hydrogens (primary N) is 1. The van der Waals surface area contributed by atoms with Gasteiger partial charge < -0.3 is 5.73 Å². The number of aromatic nitrogens is 1. The van der Waals surface area contributed by atoms with Crippen molar-refractivity contribution in [2.24, 2.45) is 5.73 Å². The molecular formula is C9H9ClN2S2. The highest BCUT2D eigenvalue weighted by molar-refractivity contribution is 7.16. The van der Waals surface area contributed by atoms with Crippen LogP contribution in [0.3, 0.4) is 0 Å². The Morgan fingerprint density at radius 3 is 2.79 bits per heavy atom. The van der Waals surface area contributed by atoms with Gasteiger partial charge in [0.15, 0.2) is 0 Å². The Labute approximate surface area is 95.4 Å². The number of hydrogen-bond acceptors (Lipinski definition) is 4. The number of rotatable bonds is 2. The van der Waals surface area contributed by atoms with Gasteiger partial charge in [0.25, 0.3) is 0 Å². The summed E-state index contributed by atoms with van der Waals surface area (Å²) in [7, 11) is 0. The van der Waals surface area contributed by atoms with Gasteiger partial charge in [-0.2, -0.15) is 0 Å². The molecule has 2 aromatic rings. The van der Waals surface area contributed by atoms with Gasteiger partial charge in [-0.15, -0.1) is 22.7 Å². The van der Waals surface area contributed by atoms with E-state index in [0.717, 1.165) is 19.8 Å². The molecule has 0 aliphatic heterocycles. The normalized spacial score (nSPS) is 13.1. The number of hydrogen-bond donors (Lipinski definition) is 1. The Hall–Kier alpha value is -0.420. The summed E-state index contributed by atoms with van der Waals surface area (Å²) in [6, 6.07) is 3.76. The molecule has 2 N–H and O–H groups in total. The molecule has 2 heterocycles. The van der Waals surface area contributed by atoms with E-state index in [9.17, 15) is 0 Å². The van der Waals surface area contributed by atoms with Gasteiger partial charge in [0.2, 0.25) is 0 Å². The molecule has 0 aromatic carbocycles. The van der Waals surface area contributed by atoms with Gasteiger partial charge in [0, 0.05) is 9.75 Å². The van der Waals surface area contributed by atoms with Crippen molar-refractivity contribution < 1.29 is 0 Å². The fourth-order valence-electron chi connectivity index (χ4n) is 1.23. The van der Waals surface area contributed by atoms with E-state index in [2.05, 4.69) is 4.98 Å². The lowest BCUT2D eigenvalue weighted by Gasteiger charge is -2.06. The van der Waals surface area contributed by atoms with Crippen LogP contribution in [0.4, 0.5) is 0 Å². The van der Waals surface area contributed by atoms with Crippen LogP contribution in [0.15, 0.2) is 17.6 Å². The zero-order chi connectivity index (χ0) is 10.1. The molecule has 0 spiro atoms. The number of aryl methyl sites for hydroxylation is 1. The molecule has 0 bridgehead atoms. The van der Waals surface area contributed by atoms with Gasteiger partial charge >= 0.3 is 0 Å². The summed E-state index contributed by atoms with van der Waals surface area (Å²) in [6.45, 7) is 1.97. The van der Waals surface area contributed by atoms with E-state index in [4.69, 9.17) is 17.3 Å². The van der Waals surface area contributed by atoms with Crippen LogP contribution in [0.5, 0.6) is 0 Å². The van der Waals surface area contributed by atoms with Gasteiger partial charge in [-0.3, -0.25) is 0 Å². The Balaban J connectivity index is 2.33. The average molecular weight is 245 g/mol. The van der Waals surface area contributed by atoms with Crippen LogP contribution >= 0.6 is 34.3 Å². The van der Waals surface area contributed by atoms with E-state index in [1.807, 2.05) is 24.6 Å². The molecule has 2 rings (SSSR count). The first-order valence-electron chi connectivity index (χ1n) is 4.09. The van der Waals surface area contributed by atoms with Crippen molar-refractivity contribution in [2.75, 3.05) is 0 Å². The second kappa shape index (κ2) is 3.98. The maximum atomic E-state index is 6.10. The standard InChI is InChI=1S/C9H9ClN2S2/c1-5-9(13-4-12-5)8(11)6-2-3-7(10)14-6/h2-4,8H,11H2,1H3. The predicted octanol–water partition coefficient (Wildman–Crippen LogP) is 3.21. The molecule has 0 aliphatic carbocycles. The summed E-state index contributed by atoms with van der Waals surface area (Å²) in [6.07, 6.45) is 0. The first-order valence-corrected chi connectivity index (χ1v) is 6.16. The Bertz CT molecular complexity index is 435. The van der Waals surface area contributed by atoms with Gasteiger partial charge in [-0.1, -0.05) is 11.6 Å². The van der Waals surface area contributed by atoms with Crippen molar-refractivity contribution in [1.29, 1.82) is 0 Å². The monoisotopic (exact) mass is 244 g/mol. The van der Waals surface area contributed by atoms with Gasteiger partial charge in [0.1, 0.15) is 0 Å². The highest BCUT2D eigenvalue weighted by atomic mass is 35.5. The molecule has 0 amide bonds. The van der Waals surface area contributed by atoms with E-state index >= 15 is 0 Å². The molecule has 5 heteroatoms. The van der Waals surface area contributed by atoms with E-state index in [1.54, 1.807) is 11.3 Å². The minimum Gasteiger partial charge on any atom is -0.319 e. The zero-order valence-corrected chi connectivity index (χ0v) is 9.92. The maximum Gasteiger partial charge on any atom is 0.0931 e. The molecule has 1 atom stereocenters. The molecule has 74 valence electrons. The van der Waals surface area contributed by atoms with Crippen LogP contribution in [0.1, 0.15) is 21.5 Å². The van der Waals surface area contributed by atoms with Crippen LogP contribution in [0.2, 0.25) is 4.34 Å². The van der Waals surface area contributed by atoms with Crippen molar-refractivity contribution in [2.45, 2.75) is 13.0 Å². The van der Waals surface area contributed by atoms with Crippen molar-refractivity contribution in [3.8, 4) is 0 Å². The summed E-state index contributed by atoms with van der Waals surface area (Å²) in [4.78, 5) is 6.38. The third-order valence-electron chi connectivity index (χ3n) is 1.97. The predicted molar refractivity (Wildman–Crippen MR) is 62.2 cm³/mol. The second-order valence-electron chi connectivity index (χ2n) is 2.92. The first-order chi connectivity index (χ1) is 6.68. The van der Waals surface area contributed by atoms with Crippen molar-refractivity contribution >= 4 is 34.3 Å². The Morgan fingerprint density at radius 2 is 2.29 bits per heavy atom. The third-order valence-corrected chi connectivity index (χ3v) is 4.29. The van der Waals surface area contributed by atoms with Gasteiger partial charge in [0.05, 0.1) is 21.6 Å². The highest BCUT2D eigenvalue weighted by Crippen LogP contribution is 2.32. The molecule has 2 nitrogen and oxygen atoms in total. The molecule has 14 heavy (non-hydrogen) atoms. The van der Waals surface area contributed by atoms with Crippen LogP contribution < -0.4 is 5.73 Å². The highest BCUT2D eigenvalue weighted by Gasteiger charge is 2.15. The number of halogens is 1. The molecular weight excluding hydrogens is 236 g/mol. The smallest absolute Gasteiger partial charge is 0.0931 e. The van der Waals surface area contributed by atoms with E-state index < -0.39 is 0 Å². The average Bonchev–Trinajstić information content (AvgIpc) is 2.73. The summed E-state index contributed by atoms with van der Waals surface area (Å²) < 4.78 is 0.776. The largest absolute Gasteiger partial charge is 0.319 e. The van der Waals surface area contributed by atoms with Crippen molar-refractivity contribution in [3.63, 3.8) is 0 Å². The van der Waals surface area contributed by atoms with Gasteiger partial charge in [-0.25, -0.2) is 4.98 Å². The summed E-state index contributed by atoms with van der Waals surface area (Å²) in [5, 5.41) is 0. The molecule has 2 aromatic heterocycles. The fourth-order valence-corrected chi connectivity index (χ4v) is 3.20. The number of thiophene rings is 1. The maximum absolute atomic E-state index is 6.10. The molecule has 0 saturated heterocycles. The SMILES string of the molecule is Cc1ncsc1C(N)c1ccc(Cl)s1. The molecule has 0 radical (unpaired) electrons. The topological polar surface area (TPSA) is 38.9 Å². The third kappa shape index (κ3) is 1.83. The van der Waals surface area contributed by atoms with Gasteiger partial charge in [-0.05, 0) is 19.1 Å². The summed E-state index contributed by atoms with van der Waals surface area (Å²) in [5.41, 5.74) is 8.92. The Morgan fingerprint density at radius 1 is 1.50 bits per heavy atom. The first kappa shape index (κ1) is 10.1. The van der Waals surface area contributed by atoms with E-state index in [-0.39, 0.29) is 6.04 Å². The minimum absolute atomic E-state index is 0.0833. The van der Waals surface area contributed by atoms with Crippen LogP contribution in [0.25, 0.3) is 0 Å². The quantitative estimate of drug-likeness (QED) is 0.881.